The van der Waals surface area contributed by atoms with E-state index in [-0.39, 0.29) is 23.9 Å². The van der Waals surface area contributed by atoms with Gasteiger partial charge in [0.25, 0.3) is 0 Å². The monoisotopic (exact) mass is 386 g/mol. The number of hydrogen-bond acceptors (Lipinski definition) is 5. The predicted molar refractivity (Wildman–Crippen MR) is 108 cm³/mol. The molecule has 3 amide bonds. The van der Waals surface area contributed by atoms with Gasteiger partial charge < -0.3 is 27.2 Å². The largest absolute Gasteiger partial charge is 0.462 e. The van der Waals surface area contributed by atoms with Crippen LogP contribution in [0.1, 0.15) is 67.2 Å². The van der Waals surface area contributed by atoms with Gasteiger partial charge in [-0.1, -0.05) is 46.5 Å². The lowest BCUT2D eigenvalue weighted by Crippen LogP contribution is -2.47. The minimum absolute atomic E-state index is 0.0136. The first-order valence-corrected chi connectivity index (χ1v) is 9.27. The fourth-order valence-corrected chi connectivity index (χ4v) is 1.84. The molecule has 4 unspecified atom stereocenters. The van der Waals surface area contributed by atoms with Crippen molar-refractivity contribution in [2.45, 2.75) is 85.4 Å². The minimum atomic E-state index is -0.512. The maximum Gasteiger partial charge on any atom is 0.239 e. The summed E-state index contributed by atoms with van der Waals surface area (Å²) in [7, 11) is 0. The van der Waals surface area contributed by atoms with E-state index in [0.717, 1.165) is 19.3 Å². The van der Waals surface area contributed by atoms with Gasteiger partial charge in [-0.3, -0.25) is 14.4 Å². The molecule has 0 aromatic heterocycles. The molecule has 0 fully saturated rings. The van der Waals surface area contributed by atoms with Gasteiger partial charge in [0.2, 0.25) is 18.2 Å². The molecule has 0 aliphatic carbocycles. The Hall–Kier alpha value is -2.27. The minimum Gasteiger partial charge on any atom is -0.462 e. The van der Waals surface area contributed by atoms with Crippen LogP contribution in [0.5, 0.6) is 0 Å². The molecule has 158 valence electrons. The third kappa shape index (κ3) is 18.3. The molecule has 0 saturated heterocycles. The highest BCUT2D eigenvalue weighted by Crippen LogP contribution is 2.06. The number of nitrogens with two attached hydrogens (primary N) is 2. The maximum atomic E-state index is 11.6. The first-order chi connectivity index (χ1) is 12.7. The van der Waals surface area contributed by atoms with Crippen molar-refractivity contribution in [3.05, 3.63) is 0 Å². The van der Waals surface area contributed by atoms with E-state index in [0.29, 0.717) is 12.8 Å². The molecule has 0 bridgehead atoms. The summed E-state index contributed by atoms with van der Waals surface area (Å²) in [4.78, 5) is 31.7. The van der Waals surface area contributed by atoms with Crippen molar-refractivity contribution in [2.24, 2.45) is 17.4 Å². The van der Waals surface area contributed by atoms with E-state index in [1.165, 1.54) is 0 Å². The van der Waals surface area contributed by atoms with Crippen molar-refractivity contribution in [2.75, 3.05) is 0 Å². The van der Waals surface area contributed by atoms with Crippen LogP contribution >= 0.6 is 0 Å². The lowest BCUT2D eigenvalue weighted by atomic mass is 9.99. The van der Waals surface area contributed by atoms with Crippen molar-refractivity contribution in [3.8, 4) is 12.0 Å². The zero-order valence-corrected chi connectivity index (χ0v) is 17.5. The van der Waals surface area contributed by atoms with Gasteiger partial charge in [-0.25, -0.2) is 0 Å². The van der Waals surface area contributed by atoms with Gasteiger partial charge in [-0.05, 0) is 25.7 Å². The molecule has 0 saturated carbocycles. The molecule has 0 aliphatic heterocycles. The number of carbonyl (C=O) groups excluding carboxylic acids is 3. The Morgan fingerprint density at radius 1 is 1.19 bits per heavy atom. The van der Waals surface area contributed by atoms with Crippen LogP contribution < -0.4 is 22.1 Å². The summed E-state index contributed by atoms with van der Waals surface area (Å²) < 4.78 is 0. The summed E-state index contributed by atoms with van der Waals surface area (Å²) in [5, 5.41) is 12.7. The third-order valence-electron chi connectivity index (χ3n) is 3.80. The average Bonchev–Trinajstić information content (AvgIpc) is 2.65. The number of carbonyl (C=O) groups is 3. The molecule has 0 aliphatic rings. The zero-order valence-electron chi connectivity index (χ0n) is 17.5. The molecular weight excluding hydrogens is 348 g/mol. The fraction of sp³-hybridized carbons (Fsp3) is 0.737. The lowest BCUT2D eigenvalue weighted by molar-refractivity contribution is -0.124. The van der Waals surface area contributed by atoms with Crippen LogP contribution in [0.2, 0.25) is 0 Å². The third-order valence-corrected chi connectivity index (χ3v) is 3.80. The fourth-order valence-electron chi connectivity index (χ4n) is 1.84. The van der Waals surface area contributed by atoms with Crippen molar-refractivity contribution in [1.29, 1.82) is 0 Å². The zero-order chi connectivity index (χ0) is 21.8. The SMILES string of the molecule is CC#CO.CCC(NC=O)C(N)=O.CCCC(C)NC(=O)C(N)C(C)CC. The number of rotatable bonds is 10. The second-order valence-electron chi connectivity index (χ2n) is 6.12. The Kier molecular flexibility index (Phi) is 21.9. The van der Waals surface area contributed by atoms with Gasteiger partial charge in [0, 0.05) is 13.0 Å². The van der Waals surface area contributed by atoms with Gasteiger partial charge in [0.05, 0.1) is 6.04 Å². The average molecular weight is 387 g/mol. The standard InChI is InChI=1S/C11H24N2O.C5H10N2O2.C3H4O/c1-5-7-9(4)13-11(14)10(12)8(3)6-2;1-2-4(5(6)9)7-3-8;1-2-3-4/h8-10H,5-7,12H2,1-4H3,(H,13,14);3-4H,2H2,1H3,(H2,6,9)(H,7,8);4H,1H3. The molecule has 0 spiro atoms. The van der Waals surface area contributed by atoms with E-state index in [1.54, 1.807) is 20.0 Å². The van der Waals surface area contributed by atoms with Gasteiger partial charge in [0.15, 0.2) is 0 Å². The first-order valence-electron chi connectivity index (χ1n) is 9.27. The number of nitrogens with one attached hydrogen (secondary N) is 2. The van der Waals surface area contributed by atoms with Crippen LogP contribution in [0.25, 0.3) is 0 Å². The van der Waals surface area contributed by atoms with Crippen molar-refractivity contribution in [1.82, 2.24) is 10.6 Å². The molecule has 7 N–H and O–H groups in total. The first kappa shape index (κ1) is 29.5. The van der Waals surface area contributed by atoms with E-state index in [2.05, 4.69) is 23.5 Å². The highest BCUT2D eigenvalue weighted by Gasteiger charge is 2.20. The molecule has 0 aromatic rings. The highest BCUT2D eigenvalue weighted by atomic mass is 16.2. The Morgan fingerprint density at radius 3 is 1.96 bits per heavy atom. The molecule has 27 heavy (non-hydrogen) atoms. The lowest BCUT2D eigenvalue weighted by Gasteiger charge is -2.20. The van der Waals surface area contributed by atoms with Gasteiger partial charge in [-0.15, -0.1) is 0 Å². The summed E-state index contributed by atoms with van der Waals surface area (Å²) >= 11 is 0. The highest BCUT2D eigenvalue weighted by molar-refractivity contribution is 5.82. The second kappa shape index (κ2) is 20.0. The molecule has 0 radical (unpaired) electrons. The van der Waals surface area contributed by atoms with Gasteiger partial charge >= 0.3 is 0 Å². The number of primary amides is 1. The summed E-state index contributed by atoms with van der Waals surface area (Å²) in [6.45, 7) is 11.5. The summed E-state index contributed by atoms with van der Waals surface area (Å²) in [6.07, 6.45) is 5.72. The van der Waals surface area contributed by atoms with Crippen molar-refractivity contribution >= 4 is 18.2 Å². The molecular formula is C19H38N4O4. The van der Waals surface area contributed by atoms with Crippen LogP contribution in [0.15, 0.2) is 0 Å². The summed E-state index contributed by atoms with van der Waals surface area (Å²) in [5.74, 6) is 1.98. The van der Waals surface area contributed by atoms with Gasteiger partial charge in [0.1, 0.15) is 12.1 Å². The second-order valence-corrected chi connectivity index (χ2v) is 6.12. The maximum absolute atomic E-state index is 11.6. The summed E-state index contributed by atoms with van der Waals surface area (Å²) in [6, 6.07) is -0.635. The van der Waals surface area contributed by atoms with E-state index in [9.17, 15) is 14.4 Å². The Morgan fingerprint density at radius 2 is 1.70 bits per heavy atom. The van der Waals surface area contributed by atoms with E-state index in [1.807, 2.05) is 20.8 Å². The topological polar surface area (TPSA) is 148 Å². The molecule has 0 rings (SSSR count). The molecule has 8 heteroatoms. The van der Waals surface area contributed by atoms with Crippen molar-refractivity contribution in [3.63, 3.8) is 0 Å². The smallest absolute Gasteiger partial charge is 0.239 e. The van der Waals surface area contributed by atoms with Crippen LogP contribution in [-0.2, 0) is 14.4 Å². The van der Waals surface area contributed by atoms with Gasteiger partial charge in [-0.2, -0.15) is 0 Å². The number of aliphatic hydroxyl groups is 1. The normalized spacial score (nSPS) is 13.4. The summed E-state index contributed by atoms with van der Waals surface area (Å²) in [5.41, 5.74) is 10.7. The van der Waals surface area contributed by atoms with E-state index in [4.69, 9.17) is 16.6 Å². The molecule has 8 nitrogen and oxygen atoms in total. The quantitative estimate of drug-likeness (QED) is 0.281. The van der Waals surface area contributed by atoms with E-state index >= 15 is 0 Å². The molecule has 0 heterocycles. The molecule has 4 atom stereocenters. The Balaban J connectivity index is -0.000000378. The van der Waals surface area contributed by atoms with Crippen LogP contribution in [-0.4, -0.2) is 41.5 Å². The Labute approximate surface area is 163 Å². The van der Waals surface area contributed by atoms with E-state index < -0.39 is 11.9 Å². The van der Waals surface area contributed by atoms with Crippen molar-refractivity contribution < 1.29 is 19.5 Å². The molecule has 0 aromatic carbocycles. The Bertz CT molecular complexity index is 454. The van der Waals surface area contributed by atoms with Crippen LogP contribution in [0.4, 0.5) is 0 Å². The predicted octanol–water partition coefficient (Wildman–Crippen LogP) is 1.00. The van der Waals surface area contributed by atoms with Crippen LogP contribution in [0, 0.1) is 17.9 Å². The number of amides is 3. The number of hydrogen-bond donors (Lipinski definition) is 5. The number of aliphatic hydroxyl groups excluding tert-OH is 1. The van der Waals surface area contributed by atoms with Crippen LogP contribution in [0.3, 0.4) is 0 Å².